The zero-order valence-electron chi connectivity index (χ0n) is 12.1. The van der Waals surface area contributed by atoms with Crippen LogP contribution < -0.4 is 5.73 Å². The minimum atomic E-state index is -4.21. The highest BCUT2D eigenvalue weighted by molar-refractivity contribution is 7.51. The van der Waals surface area contributed by atoms with Gasteiger partial charge in [-0.25, -0.2) is 15.0 Å². The monoisotopic (exact) mass is 347 g/mol. The Kier molecular flexibility index (Phi) is 5.99. The van der Waals surface area contributed by atoms with Crippen LogP contribution in [0.4, 0.5) is 5.82 Å². The fourth-order valence-electron chi connectivity index (χ4n) is 1.94. The van der Waals surface area contributed by atoms with Crippen LogP contribution in [0.5, 0.6) is 0 Å². The fourth-order valence-corrected chi connectivity index (χ4v) is 2.31. The molecule has 2 aromatic heterocycles. The molecule has 2 rings (SSSR count). The molecule has 2 aromatic rings. The molecule has 0 bridgehead atoms. The van der Waals surface area contributed by atoms with Crippen LogP contribution in [0, 0.1) is 0 Å². The van der Waals surface area contributed by atoms with E-state index in [0.717, 1.165) is 0 Å². The van der Waals surface area contributed by atoms with E-state index < -0.39 is 20.2 Å². The van der Waals surface area contributed by atoms with Crippen molar-refractivity contribution >= 4 is 24.6 Å². The maximum atomic E-state index is 10.7. The summed E-state index contributed by atoms with van der Waals surface area (Å²) in [6.45, 7) is -0.0611. The topological polar surface area (TPSA) is 166 Å². The largest absolute Gasteiger partial charge is 0.394 e. The van der Waals surface area contributed by atoms with Crippen molar-refractivity contribution in [2.75, 3.05) is 31.9 Å². The molecule has 0 fully saturated rings. The molecule has 0 aromatic carbocycles. The van der Waals surface area contributed by atoms with E-state index in [-0.39, 0.29) is 32.1 Å². The molecule has 0 saturated carbocycles. The second-order valence-electron chi connectivity index (χ2n) is 4.62. The second-order valence-corrected chi connectivity index (χ2v) is 6.21. The Labute approximate surface area is 131 Å². The van der Waals surface area contributed by atoms with Gasteiger partial charge in [-0.15, -0.1) is 0 Å². The molecule has 23 heavy (non-hydrogen) atoms. The van der Waals surface area contributed by atoms with Crippen LogP contribution in [0.15, 0.2) is 12.7 Å². The maximum absolute atomic E-state index is 10.7. The van der Waals surface area contributed by atoms with Crippen LogP contribution in [0.3, 0.4) is 0 Å². The lowest BCUT2D eigenvalue weighted by Gasteiger charge is -2.19. The van der Waals surface area contributed by atoms with Crippen molar-refractivity contribution < 1.29 is 28.9 Å². The minimum absolute atomic E-state index is 0.0431. The normalized spacial score (nSPS) is 13.5. The van der Waals surface area contributed by atoms with E-state index in [2.05, 4.69) is 15.0 Å². The zero-order valence-corrected chi connectivity index (χ0v) is 13.0. The number of fused-ring (bicyclic) bond motifs is 1. The Morgan fingerprint density at radius 1 is 1.30 bits per heavy atom. The Morgan fingerprint density at radius 3 is 2.78 bits per heavy atom. The number of anilines is 1. The van der Waals surface area contributed by atoms with Crippen molar-refractivity contribution in [3.8, 4) is 0 Å². The third kappa shape index (κ3) is 4.93. The quantitative estimate of drug-likeness (QED) is 0.341. The van der Waals surface area contributed by atoms with E-state index >= 15 is 0 Å². The highest BCUT2D eigenvalue weighted by atomic mass is 31.2. The molecule has 11 nitrogen and oxygen atoms in total. The maximum Gasteiger partial charge on any atom is 0.350 e. The molecular formula is C11H18N5O6P. The Bertz CT molecular complexity index is 689. The number of hydrogen-bond acceptors (Lipinski definition) is 8. The van der Waals surface area contributed by atoms with Crippen LogP contribution in [0.1, 0.15) is 12.6 Å². The summed E-state index contributed by atoms with van der Waals surface area (Å²) in [5, 5.41) is 8.92. The van der Waals surface area contributed by atoms with Gasteiger partial charge in [0.05, 0.1) is 26.1 Å². The van der Waals surface area contributed by atoms with Crippen molar-refractivity contribution in [2.24, 2.45) is 0 Å². The number of aliphatic hydroxyl groups is 1. The minimum Gasteiger partial charge on any atom is -0.394 e. The third-order valence-electron chi connectivity index (χ3n) is 2.87. The number of aliphatic hydroxyl groups excluding tert-OH is 1. The molecule has 1 atom stereocenters. The highest BCUT2D eigenvalue weighted by Gasteiger charge is 2.18. The smallest absolute Gasteiger partial charge is 0.350 e. The van der Waals surface area contributed by atoms with Crippen molar-refractivity contribution in [1.82, 2.24) is 19.5 Å². The molecule has 0 aliphatic heterocycles. The molecule has 5 N–H and O–H groups in total. The predicted octanol–water partition coefficient (Wildman–Crippen LogP) is -0.542. The molecule has 0 unspecified atom stereocenters. The Morgan fingerprint density at radius 2 is 2.09 bits per heavy atom. The molecular weight excluding hydrogens is 329 g/mol. The average Bonchev–Trinajstić information content (AvgIpc) is 2.91. The number of hydrogen-bond donors (Lipinski definition) is 4. The van der Waals surface area contributed by atoms with E-state index in [9.17, 15) is 4.57 Å². The first kappa shape index (κ1) is 17.7. The van der Waals surface area contributed by atoms with E-state index in [1.165, 1.54) is 12.7 Å². The fraction of sp³-hybridized carbons (Fsp3) is 0.545. The van der Waals surface area contributed by atoms with Crippen LogP contribution in [-0.2, 0) is 14.0 Å². The molecule has 0 spiro atoms. The van der Waals surface area contributed by atoms with Gasteiger partial charge < -0.3 is 30.1 Å². The lowest BCUT2D eigenvalue weighted by molar-refractivity contribution is -0.0314. The third-order valence-corrected chi connectivity index (χ3v) is 3.39. The number of imidazole rings is 1. The molecule has 0 amide bonds. The first-order valence-corrected chi connectivity index (χ1v) is 8.50. The van der Waals surface area contributed by atoms with Gasteiger partial charge in [0.25, 0.3) is 0 Å². The van der Waals surface area contributed by atoms with Gasteiger partial charge in [-0.1, -0.05) is 0 Å². The molecule has 2 heterocycles. The van der Waals surface area contributed by atoms with Crippen LogP contribution in [0.2, 0.25) is 0 Å². The second kappa shape index (κ2) is 7.77. The average molecular weight is 347 g/mol. The van der Waals surface area contributed by atoms with Crippen molar-refractivity contribution in [1.29, 1.82) is 0 Å². The van der Waals surface area contributed by atoms with Gasteiger partial charge in [-0.2, -0.15) is 0 Å². The van der Waals surface area contributed by atoms with Crippen molar-refractivity contribution in [2.45, 2.75) is 12.6 Å². The van der Waals surface area contributed by atoms with E-state index in [1.807, 2.05) is 0 Å². The lowest BCUT2D eigenvalue weighted by Crippen LogP contribution is -2.17. The van der Waals surface area contributed by atoms with Crippen LogP contribution >= 0.6 is 7.60 Å². The summed E-state index contributed by atoms with van der Waals surface area (Å²) < 4.78 is 22.8. The molecule has 0 radical (unpaired) electrons. The van der Waals surface area contributed by atoms with Crippen LogP contribution in [-0.4, -0.2) is 60.6 Å². The molecule has 128 valence electrons. The first-order valence-electron chi connectivity index (χ1n) is 6.70. The summed E-state index contributed by atoms with van der Waals surface area (Å²) in [5.74, 6) is 0.229. The standard InChI is InChI=1S/C11H18N5O6P/c12-10-9-11(14-5-13-10)16(6-15-9)8(22-4-2-17)1-3-21-7-23(18,19)20/h5-6,8,17H,1-4,7H2,(H2,12,13,14)(H2,18,19,20)/t8-/m0/s1. The number of aromatic nitrogens is 4. The van der Waals surface area contributed by atoms with E-state index in [0.29, 0.717) is 11.2 Å². The summed E-state index contributed by atoms with van der Waals surface area (Å²) >= 11 is 0. The first-order chi connectivity index (χ1) is 10.9. The van der Waals surface area contributed by atoms with Gasteiger partial charge in [0, 0.05) is 6.42 Å². The summed E-state index contributed by atoms with van der Waals surface area (Å²) in [7, 11) is -4.21. The number of nitrogen functional groups attached to an aromatic ring is 1. The van der Waals surface area contributed by atoms with Gasteiger partial charge in [0.2, 0.25) is 0 Å². The van der Waals surface area contributed by atoms with E-state index in [4.69, 9.17) is 30.1 Å². The summed E-state index contributed by atoms with van der Waals surface area (Å²) in [6, 6.07) is 0. The molecule has 0 saturated heterocycles. The number of rotatable bonds is 9. The van der Waals surface area contributed by atoms with Gasteiger partial charge in [-0.05, 0) is 0 Å². The molecule has 0 aliphatic carbocycles. The van der Waals surface area contributed by atoms with Gasteiger partial charge >= 0.3 is 7.60 Å². The van der Waals surface area contributed by atoms with Gasteiger partial charge in [-0.3, -0.25) is 9.13 Å². The number of ether oxygens (including phenoxy) is 2. The van der Waals surface area contributed by atoms with Crippen LogP contribution in [0.25, 0.3) is 11.2 Å². The lowest BCUT2D eigenvalue weighted by atomic mass is 10.4. The number of nitrogens with two attached hydrogens (primary N) is 1. The molecule has 0 aliphatic rings. The van der Waals surface area contributed by atoms with Gasteiger partial charge in [0.1, 0.15) is 24.4 Å². The van der Waals surface area contributed by atoms with Crippen molar-refractivity contribution in [3.05, 3.63) is 12.7 Å². The molecule has 12 heteroatoms. The summed E-state index contributed by atoms with van der Waals surface area (Å²) in [6.07, 6.45) is 1.79. The van der Waals surface area contributed by atoms with Gasteiger partial charge in [0.15, 0.2) is 11.5 Å². The number of nitrogens with zero attached hydrogens (tertiary/aromatic N) is 4. The predicted molar refractivity (Wildman–Crippen MR) is 79.3 cm³/mol. The highest BCUT2D eigenvalue weighted by Crippen LogP contribution is 2.34. The summed E-state index contributed by atoms with van der Waals surface area (Å²) in [5.41, 5.74) is 6.59. The SMILES string of the molecule is Nc1ncnc2c1ncn2[C@H](CCOCP(=O)(O)O)OCCO. The Balaban J connectivity index is 2.10. The summed E-state index contributed by atoms with van der Waals surface area (Å²) in [4.78, 5) is 29.6. The van der Waals surface area contributed by atoms with E-state index in [1.54, 1.807) is 4.57 Å². The Hall–Kier alpha value is -1.62. The van der Waals surface area contributed by atoms with Crippen molar-refractivity contribution in [3.63, 3.8) is 0 Å². The zero-order chi connectivity index (χ0) is 16.9.